The van der Waals surface area contributed by atoms with Gasteiger partial charge >= 0.3 is 0 Å². The van der Waals surface area contributed by atoms with Crippen molar-refractivity contribution < 1.29 is 22.8 Å². The summed E-state index contributed by atoms with van der Waals surface area (Å²) >= 11 is 0. The number of amides is 3. The van der Waals surface area contributed by atoms with Gasteiger partial charge in [-0.15, -0.1) is 0 Å². The van der Waals surface area contributed by atoms with Crippen molar-refractivity contribution in [1.29, 1.82) is 0 Å². The molecule has 0 spiro atoms. The summed E-state index contributed by atoms with van der Waals surface area (Å²) in [6.45, 7) is 2.07. The van der Waals surface area contributed by atoms with Crippen LogP contribution in [0, 0.1) is 0 Å². The summed E-state index contributed by atoms with van der Waals surface area (Å²) in [5.74, 6) is -1.20. The van der Waals surface area contributed by atoms with Gasteiger partial charge in [-0.1, -0.05) is 31.2 Å². The molecule has 1 heterocycles. The third-order valence-corrected chi connectivity index (χ3v) is 6.30. The Labute approximate surface area is 175 Å². The molecule has 3 amide bonds. The Hall–Kier alpha value is -3.04. The van der Waals surface area contributed by atoms with E-state index in [1.807, 2.05) is 6.92 Å². The standard InChI is InChI=1S/C21H23N3O5S/c1-2-15-7-9-16(10-8-15)30(28,29)23-13-12-22-19(25)11-14-24-20(26)17-5-3-4-6-18(17)21(24)27/h3-10,23H,2,11-14H2,1H3,(H,22,25). The SMILES string of the molecule is CCc1ccc(S(=O)(=O)NCCNC(=O)CCN2C(=O)c3ccccc3C2=O)cc1. The number of nitrogens with zero attached hydrogens (tertiary/aromatic N) is 1. The second kappa shape index (κ2) is 9.19. The Morgan fingerprint density at radius 1 is 0.933 bits per heavy atom. The van der Waals surface area contributed by atoms with Crippen LogP contribution in [-0.2, 0) is 21.2 Å². The van der Waals surface area contributed by atoms with Crippen LogP contribution >= 0.6 is 0 Å². The van der Waals surface area contributed by atoms with E-state index in [0.717, 1.165) is 16.9 Å². The van der Waals surface area contributed by atoms with Gasteiger partial charge in [0.1, 0.15) is 0 Å². The fourth-order valence-corrected chi connectivity index (χ4v) is 4.15. The van der Waals surface area contributed by atoms with E-state index in [0.29, 0.717) is 11.1 Å². The first-order valence-corrected chi connectivity index (χ1v) is 11.1. The van der Waals surface area contributed by atoms with Crippen molar-refractivity contribution in [3.8, 4) is 0 Å². The molecule has 0 unspecified atom stereocenters. The molecular formula is C21H23N3O5S. The van der Waals surface area contributed by atoms with E-state index in [1.54, 1.807) is 48.5 Å². The summed E-state index contributed by atoms with van der Waals surface area (Å²) in [7, 11) is -3.65. The maximum atomic E-state index is 12.3. The van der Waals surface area contributed by atoms with Gasteiger partial charge in [-0.3, -0.25) is 19.3 Å². The zero-order chi connectivity index (χ0) is 21.7. The Bertz CT molecular complexity index is 1030. The van der Waals surface area contributed by atoms with E-state index < -0.39 is 21.8 Å². The van der Waals surface area contributed by atoms with Crippen molar-refractivity contribution in [3.05, 3.63) is 65.2 Å². The van der Waals surface area contributed by atoms with Gasteiger partial charge in [0.15, 0.2) is 0 Å². The van der Waals surface area contributed by atoms with Crippen LogP contribution in [0.5, 0.6) is 0 Å². The van der Waals surface area contributed by atoms with Crippen LogP contribution in [0.15, 0.2) is 53.4 Å². The van der Waals surface area contributed by atoms with E-state index in [9.17, 15) is 22.8 Å². The van der Waals surface area contributed by atoms with Crippen molar-refractivity contribution in [1.82, 2.24) is 14.9 Å². The smallest absolute Gasteiger partial charge is 0.261 e. The first kappa shape index (κ1) is 21.7. The quantitative estimate of drug-likeness (QED) is 0.461. The van der Waals surface area contributed by atoms with E-state index >= 15 is 0 Å². The molecule has 1 aliphatic rings. The number of hydrogen-bond donors (Lipinski definition) is 2. The van der Waals surface area contributed by atoms with Crippen molar-refractivity contribution in [3.63, 3.8) is 0 Å². The number of sulfonamides is 1. The van der Waals surface area contributed by atoms with Gasteiger partial charge in [0, 0.05) is 26.1 Å². The Morgan fingerprint density at radius 2 is 1.53 bits per heavy atom. The lowest BCUT2D eigenvalue weighted by molar-refractivity contribution is -0.121. The zero-order valence-electron chi connectivity index (χ0n) is 16.6. The highest BCUT2D eigenvalue weighted by molar-refractivity contribution is 7.89. The molecule has 158 valence electrons. The Kier molecular flexibility index (Phi) is 6.63. The van der Waals surface area contributed by atoms with Crippen LogP contribution in [0.2, 0.25) is 0 Å². The number of imide groups is 1. The third-order valence-electron chi connectivity index (χ3n) is 4.82. The van der Waals surface area contributed by atoms with Gasteiger partial charge in [-0.05, 0) is 36.2 Å². The van der Waals surface area contributed by atoms with Crippen LogP contribution in [0.3, 0.4) is 0 Å². The maximum absolute atomic E-state index is 12.3. The Balaban J connectivity index is 1.42. The molecule has 3 rings (SSSR count). The second-order valence-electron chi connectivity index (χ2n) is 6.80. The van der Waals surface area contributed by atoms with Crippen LogP contribution in [0.4, 0.5) is 0 Å². The first-order valence-electron chi connectivity index (χ1n) is 9.64. The van der Waals surface area contributed by atoms with Crippen LogP contribution < -0.4 is 10.0 Å². The van der Waals surface area contributed by atoms with Crippen LogP contribution in [0.1, 0.15) is 39.6 Å². The average Bonchev–Trinajstić information content (AvgIpc) is 3.00. The fourth-order valence-electron chi connectivity index (χ4n) is 3.12. The number of carbonyl (C=O) groups is 3. The van der Waals surface area contributed by atoms with Crippen molar-refractivity contribution in [2.45, 2.75) is 24.7 Å². The molecule has 0 saturated carbocycles. The number of carbonyl (C=O) groups excluding carboxylic acids is 3. The molecular weight excluding hydrogens is 406 g/mol. The average molecular weight is 429 g/mol. The van der Waals surface area contributed by atoms with E-state index in [2.05, 4.69) is 10.0 Å². The largest absolute Gasteiger partial charge is 0.355 e. The normalized spacial score (nSPS) is 13.4. The molecule has 9 heteroatoms. The lowest BCUT2D eigenvalue weighted by atomic mass is 10.1. The number of nitrogens with one attached hydrogen (secondary N) is 2. The van der Waals surface area contributed by atoms with Gasteiger partial charge in [0.2, 0.25) is 15.9 Å². The minimum atomic E-state index is -3.65. The van der Waals surface area contributed by atoms with Gasteiger partial charge in [0.05, 0.1) is 16.0 Å². The van der Waals surface area contributed by atoms with Crippen molar-refractivity contribution >= 4 is 27.7 Å². The first-order chi connectivity index (χ1) is 14.3. The molecule has 30 heavy (non-hydrogen) atoms. The lowest BCUT2D eigenvalue weighted by Crippen LogP contribution is -2.37. The van der Waals surface area contributed by atoms with Crippen LogP contribution in [-0.4, -0.2) is 50.7 Å². The monoisotopic (exact) mass is 429 g/mol. The molecule has 0 radical (unpaired) electrons. The molecule has 0 saturated heterocycles. The number of hydrogen-bond acceptors (Lipinski definition) is 5. The predicted octanol–water partition coefficient (Wildman–Crippen LogP) is 1.33. The molecule has 1 aliphatic heterocycles. The highest BCUT2D eigenvalue weighted by Gasteiger charge is 2.34. The summed E-state index contributed by atoms with van der Waals surface area (Å²) in [5, 5.41) is 2.58. The van der Waals surface area contributed by atoms with Gasteiger partial charge in [-0.25, -0.2) is 13.1 Å². The fraction of sp³-hybridized carbons (Fsp3) is 0.286. The number of benzene rings is 2. The van der Waals surface area contributed by atoms with Crippen molar-refractivity contribution in [2.24, 2.45) is 0 Å². The summed E-state index contributed by atoms with van der Waals surface area (Å²) in [6.07, 6.45) is 0.761. The topological polar surface area (TPSA) is 113 Å². The lowest BCUT2D eigenvalue weighted by Gasteiger charge is -2.13. The van der Waals surface area contributed by atoms with Gasteiger partial charge in [-0.2, -0.15) is 0 Å². The number of rotatable bonds is 9. The minimum Gasteiger partial charge on any atom is -0.355 e. The van der Waals surface area contributed by atoms with E-state index in [-0.39, 0.29) is 36.9 Å². The summed E-state index contributed by atoms with van der Waals surface area (Å²) in [6, 6.07) is 13.1. The van der Waals surface area contributed by atoms with Crippen molar-refractivity contribution in [2.75, 3.05) is 19.6 Å². The summed E-state index contributed by atoms with van der Waals surface area (Å²) < 4.78 is 26.9. The molecule has 8 nitrogen and oxygen atoms in total. The number of aryl methyl sites for hydroxylation is 1. The zero-order valence-corrected chi connectivity index (χ0v) is 17.4. The molecule has 2 aromatic carbocycles. The molecule has 0 bridgehead atoms. The Morgan fingerprint density at radius 3 is 2.10 bits per heavy atom. The highest BCUT2D eigenvalue weighted by atomic mass is 32.2. The molecule has 0 atom stereocenters. The van der Waals surface area contributed by atoms with Gasteiger partial charge in [0.25, 0.3) is 11.8 Å². The van der Waals surface area contributed by atoms with E-state index in [1.165, 1.54) is 0 Å². The molecule has 0 fully saturated rings. The predicted molar refractivity (Wildman–Crippen MR) is 110 cm³/mol. The second-order valence-corrected chi connectivity index (χ2v) is 8.57. The van der Waals surface area contributed by atoms with Crippen LogP contribution in [0.25, 0.3) is 0 Å². The van der Waals surface area contributed by atoms with Gasteiger partial charge < -0.3 is 5.32 Å². The summed E-state index contributed by atoms with van der Waals surface area (Å²) in [5.41, 5.74) is 1.72. The highest BCUT2D eigenvalue weighted by Crippen LogP contribution is 2.22. The minimum absolute atomic E-state index is 0.0244. The molecule has 0 aromatic heterocycles. The molecule has 0 aliphatic carbocycles. The number of fused-ring (bicyclic) bond motifs is 1. The molecule has 2 N–H and O–H groups in total. The summed E-state index contributed by atoms with van der Waals surface area (Å²) in [4.78, 5) is 37.7. The molecule has 2 aromatic rings. The maximum Gasteiger partial charge on any atom is 0.261 e. The van der Waals surface area contributed by atoms with E-state index in [4.69, 9.17) is 0 Å². The third kappa shape index (κ3) is 4.74.